The zero-order valence-electron chi connectivity index (χ0n) is 37.7. The Bertz CT molecular complexity index is 3340. The summed E-state index contributed by atoms with van der Waals surface area (Å²) in [4.78, 5) is 2.57. The molecule has 9 aromatic rings. The lowest BCUT2D eigenvalue weighted by atomic mass is 9.68. The molecule has 0 amide bonds. The van der Waals surface area contributed by atoms with Crippen LogP contribution in [-0.2, 0) is 21.7 Å². The highest BCUT2D eigenvalue weighted by molar-refractivity contribution is 6.15. The van der Waals surface area contributed by atoms with Gasteiger partial charge in [-0.3, -0.25) is 0 Å². The van der Waals surface area contributed by atoms with Crippen molar-refractivity contribution in [2.75, 3.05) is 4.90 Å². The molecule has 0 saturated carbocycles. The Balaban J connectivity index is 1.18. The topological polar surface area (TPSA) is 3.24 Å². The molecule has 0 aromatic heterocycles. The minimum absolute atomic E-state index is 0.0146. The molecular weight excluding hydrogens is 759 g/mol. The molecule has 1 spiro atoms. The predicted molar refractivity (Wildman–Crippen MR) is 267 cm³/mol. The van der Waals surface area contributed by atoms with Crippen molar-refractivity contribution in [1.82, 2.24) is 0 Å². The number of rotatable bonds is 3. The molecule has 9 aromatic carbocycles. The van der Waals surface area contributed by atoms with E-state index in [4.69, 9.17) is 0 Å². The Kier molecular flexibility index (Phi) is 7.80. The number of hydrogen-bond acceptors (Lipinski definition) is 1. The molecule has 0 unspecified atom stereocenters. The minimum atomic E-state index is -0.506. The quantitative estimate of drug-likeness (QED) is 0.161. The van der Waals surface area contributed by atoms with E-state index in [1.807, 2.05) is 0 Å². The van der Waals surface area contributed by atoms with Crippen LogP contribution in [-0.4, -0.2) is 0 Å². The van der Waals surface area contributed by atoms with Crippen LogP contribution in [0.2, 0.25) is 0 Å². The van der Waals surface area contributed by atoms with Gasteiger partial charge in [-0.25, -0.2) is 0 Å². The van der Waals surface area contributed by atoms with Crippen molar-refractivity contribution in [3.05, 3.63) is 220 Å². The molecular formula is C62H53N. The fourth-order valence-electron chi connectivity index (χ4n) is 11.7. The van der Waals surface area contributed by atoms with Crippen molar-refractivity contribution < 1.29 is 0 Å². The standard InChI is InChI=1S/C62H53N/c1-59(2,3)40-26-30-48-49-31-27-41(60(4,5)6)35-55(49)62(54(48)34-40)52-22-14-12-20-46(52)50-33-29-43(37-56(50)62)63(57-23-15-17-39-25-24-38-16-9-10-18-44(38)58(39)57)42-28-32-47-45-19-11-13-21-51(45)61(7,8)53(47)36-42/h9-37H,1-8H3. The van der Waals surface area contributed by atoms with Crippen LogP contribution in [0, 0.1) is 0 Å². The summed E-state index contributed by atoms with van der Waals surface area (Å²) < 4.78 is 0. The van der Waals surface area contributed by atoms with E-state index in [-0.39, 0.29) is 16.2 Å². The second-order valence-corrected chi connectivity index (χ2v) is 20.9. The molecule has 0 N–H and O–H groups in total. The lowest BCUT2D eigenvalue weighted by Gasteiger charge is -2.34. The second kappa shape index (κ2) is 12.9. The number of nitrogens with zero attached hydrogens (tertiary/aromatic N) is 1. The monoisotopic (exact) mass is 811 g/mol. The van der Waals surface area contributed by atoms with Gasteiger partial charge in [-0.05, 0) is 135 Å². The van der Waals surface area contributed by atoms with Gasteiger partial charge in [0.15, 0.2) is 0 Å². The summed E-state index contributed by atoms with van der Waals surface area (Å²) in [5, 5.41) is 5.00. The number of fused-ring (bicyclic) bond motifs is 16. The van der Waals surface area contributed by atoms with E-state index in [0.717, 1.165) is 11.4 Å². The molecule has 0 aliphatic heterocycles. The lowest BCUT2D eigenvalue weighted by molar-refractivity contribution is 0.586. The fourth-order valence-corrected chi connectivity index (χ4v) is 11.7. The van der Waals surface area contributed by atoms with E-state index in [1.54, 1.807) is 0 Å². The van der Waals surface area contributed by atoms with Gasteiger partial charge in [0.2, 0.25) is 0 Å². The average Bonchev–Trinajstić information content (AvgIpc) is 3.83. The maximum absolute atomic E-state index is 2.57. The molecule has 1 nitrogen and oxygen atoms in total. The molecule has 306 valence electrons. The van der Waals surface area contributed by atoms with Gasteiger partial charge in [-0.2, -0.15) is 0 Å². The first kappa shape index (κ1) is 38.0. The van der Waals surface area contributed by atoms with Crippen LogP contribution in [0.1, 0.15) is 99.9 Å². The summed E-state index contributed by atoms with van der Waals surface area (Å²) >= 11 is 0. The third kappa shape index (κ3) is 5.23. The molecule has 63 heavy (non-hydrogen) atoms. The molecule has 12 rings (SSSR count). The molecule has 3 aliphatic rings. The molecule has 3 aliphatic carbocycles. The summed E-state index contributed by atoms with van der Waals surface area (Å²) in [5.41, 5.74) is 21.8. The molecule has 1 heteroatoms. The van der Waals surface area contributed by atoms with E-state index < -0.39 is 5.41 Å². The van der Waals surface area contributed by atoms with Crippen LogP contribution in [0.25, 0.3) is 54.9 Å². The largest absolute Gasteiger partial charge is 0.310 e. The molecule has 0 saturated heterocycles. The molecule has 0 heterocycles. The third-order valence-corrected chi connectivity index (χ3v) is 15.0. The highest BCUT2D eigenvalue weighted by Crippen LogP contribution is 2.64. The van der Waals surface area contributed by atoms with E-state index >= 15 is 0 Å². The normalized spacial score (nSPS) is 14.9. The van der Waals surface area contributed by atoms with Crippen LogP contribution in [0.15, 0.2) is 176 Å². The molecule has 0 atom stereocenters. The van der Waals surface area contributed by atoms with Crippen molar-refractivity contribution in [3.8, 4) is 33.4 Å². The van der Waals surface area contributed by atoms with E-state index in [0.29, 0.717) is 0 Å². The van der Waals surface area contributed by atoms with Gasteiger partial charge in [-0.1, -0.05) is 201 Å². The fraction of sp³-hybridized carbons (Fsp3) is 0.194. The van der Waals surface area contributed by atoms with Crippen molar-refractivity contribution in [1.29, 1.82) is 0 Å². The minimum Gasteiger partial charge on any atom is -0.310 e. The lowest BCUT2D eigenvalue weighted by Crippen LogP contribution is -2.27. The number of hydrogen-bond donors (Lipinski definition) is 0. The maximum atomic E-state index is 2.57. The molecule has 0 fully saturated rings. The smallest absolute Gasteiger partial charge is 0.0726 e. The first-order valence-corrected chi connectivity index (χ1v) is 22.8. The number of benzene rings is 9. The third-order valence-electron chi connectivity index (χ3n) is 15.0. The first-order chi connectivity index (χ1) is 30.3. The predicted octanol–water partition coefficient (Wildman–Crippen LogP) is 16.7. The van der Waals surface area contributed by atoms with Crippen molar-refractivity contribution in [3.63, 3.8) is 0 Å². The van der Waals surface area contributed by atoms with Crippen molar-refractivity contribution in [2.45, 2.75) is 77.0 Å². The zero-order valence-corrected chi connectivity index (χ0v) is 37.7. The highest BCUT2D eigenvalue weighted by Gasteiger charge is 2.52. The van der Waals surface area contributed by atoms with Crippen LogP contribution >= 0.6 is 0 Å². The summed E-state index contributed by atoms with van der Waals surface area (Å²) in [6.45, 7) is 18.8. The van der Waals surface area contributed by atoms with Gasteiger partial charge in [0.1, 0.15) is 0 Å². The van der Waals surface area contributed by atoms with Gasteiger partial charge in [0.05, 0.1) is 11.1 Å². The van der Waals surface area contributed by atoms with Crippen LogP contribution in [0.5, 0.6) is 0 Å². The maximum Gasteiger partial charge on any atom is 0.0726 e. The van der Waals surface area contributed by atoms with E-state index in [1.165, 1.54) is 105 Å². The van der Waals surface area contributed by atoms with Crippen molar-refractivity contribution in [2.24, 2.45) is 0 Å². The molecule has 0 radical (unpaired) electrons. The van der Waals surface area contributed by atoms with Crippen LogP contribution in [0.4, 0.5) is 17.1 Å². The summed E-state index contributed by atoms with van der Waals surface area (Å²) in [6, 6.07) is 67.8. The first-order valence-electron chi connectivity index (χ1n) is 22.8. The Hall–Kier alpha value is -6.70. The van der Waals surface area contributed by atoms with Gasteiger partial charge < -0.3 is 4.90 Å². The van der Waals surface area contributed by atoms with E-state index in [2.05, 4.69) is 236 Å². The Morgan fingerprint density at radius 3 is 1.46 bits per heavy atom. The number of anilines is 3. The van der Waals surface area contributed by atoms with Gasteiger partial charge in [0, 0.05) is 22.2 Å². The zero-order chi connectivity index (χ0) is 43.2. The summed E-state index contributed by atoms with van der Waals surface area (Å²) in [7, 11) is 0. The molecule has 0 bridgehead atoms. The van der Waals surface area contributed by atoms with Gasteiger partial charge in [-0.15, -0.1) is 0 Å². The SMILES string of the molecule is CC(C)(C)c1ccc2c(c1)C1(c3ccccc3-c3ccc(N(c4ccc5c(c4)C(C)(C)c4ccccc4-5)c4cccc5ccc6ccccc6c45)cc31)c1cc(C(C)(C)C)ccc1-2. The van der Waals surface area contributed by atoms with E-state index in [9.17, 15) is 0 Å². The van der Waals surface area contributed by atoms with Crippen LogP contribution < -0.4 is 4.90 Å². The van der Waals surface area contributed by atoms with Crippen molar-refractivity contribution >= 4 is 38.6 Å². The Morgan fingerprint density at radius 1 is 0.365 bits per heavy atom. The van der Waals surface area contributed by atoms with Crippen LogP contribution in [0.3, 0.4) is 0 Å². The summed E-state index contributed by atoms with van der Waals surface area (Å²) in [6.07, 6.45) is 0. The van der Waals surface area contributed by atoms with Gasteiger partial charge in [0.25, 0.3) is 0 Å². The second-order valence-electron chi connectivity index (χ2n) is 20.9. The summed E-state index contributed by atoms with van der Waals surface area (Å²) in [5.74, 6) is 0. The average molecular weight is 812 g/mol. The highest BCUT2D eigenvalue weighted by atomic mass is 15.1. The Labute approximate surface area is 372 Å². The van der Waals surface area contributed by atoms with Gasteiger partial charge >= 0.3 is 0 Å². The Morgan fingerprint density at radius 2 is 0.825 bits per heavy atom.